The van der Waals surface area contributed by atoms with Gasteiger partial charge in [0.15, 0.2) is 0 Å². The topological polar surface area (TPSA) is 40.0 Å². The second-order valence-electron chi connectivity index (χ2n) is 2.65. The Morgan fingerprint density at radius 1 is 1.82 bits per heavy atom. The van der Waals surface area contributed by atoms with Gasteiger partial charge in [0.1, 0.15) is 17.7 Å². The lowest BCUT2D eigenvalue weighted by Crippen LogP contribution is -2.32. The van der Waals surface area contributed by atoms with E-state index in [0.29, 0.717) is 0 Å². The van der Waals surface area contributed by atoms with Gasteiger partial charge in [-0.1, -0.05) is 11.6 Å². The Morgan fingerprint density at radius 2 is 2.64 bits per heavy atom. The normalized spacial score (nSPS) is 35.5. The maximum atomic E-state index is 5.94. The second-order valence-corrected chi connectivity index (χ2v) is 3.10. The van der Waals surface area contributed by atoms with Crippen LogP contribution >= 0.6 is 11.6 Å². The fourth-order valence-corrected chi connectivity index (χ4v) is 1.57. The van der Waals surface area contributed by atoms with E-state index in [9.17, 15) is 0 Å². The molecule has 4 nitrogen and oxygen atoms in total. The lowest BCUT2D eigenvalue weighted by Gasteiger charge is -2.17. The second kappa shape index (κ2) is 2.46. The van der Waals surface area contributed by atoms with Gasteiger partial charge in [-0.05, 0) is 0 Å². The Balaban J connectivity index is 2.27. The molecule has 1 fully saturated rings. The van der Waals surface area contributed by atoms with E-state index in [-0.39, 0.29) is 11.4 Å². The standard InChI is InChI=1S/C6H9ClN4/c1-11-6-4(2-10-11)5(7)8-3-9-6/h3-5,10H,2H2,1H3. The molecule has 2 aliphatic heterocycles. The molecule has 11 heavy (non-hydrogen) atoms. The Kier molecular flexibility index (Phi) is 1.58. The molecule has 0 aromatic rings. The predicted molar refractivity (Wildman–Crippen MR) is 44.8 cm³/mol. The Hall–Kier alpha value is -0.610. The summed E-state index contributed by atoms with van der Waals surface area (Å²) in [7, 11) is 1.93. The molecule has 0 amide bonds. The van der Waals surface area contributed by atoms with Gasteiger partial charge in [0.25, 0.3) is 0 Å². The van der Waals surface area contributed by atoms with Crippen molar-refractivity contribution in [2.75, 3.05) is 13.6 Å². The number of amidine groups is 1. The van der Waals surface area contributed by atoms with Crippen LogP contribution in [-0.4, -0.2) is 36.3 Å². The van der Waals surface area contributed by atoms with Gasteiger partial charge in [-0.3, -0.25) is 10.0 Å². The monoisotopic (exact) mass is 172 g/mol. The highest BCUT2D eigenvalue weighted by Gasteiger charge is 2.33. The first-order valence-electron chi connectivity index (χ1n) is 3.49. The van der Waals surface area contributed by atoms with Crippen molar-refractivity contribution >= 4 is 23.8 Å². The van der Waals surface area contributed by atoms with Crippen molar-refractivity contribution in [3.05, 3.63) is 0 Å². The van der Waals surface area contributed by atoms with E-state index in [2.05, 4.69) is 15.4 Å². The summed E-state index contributed by atoms with van der Waals surface area (Å²) in [5.41, 5.74) is 2.98. The molecule has 0 aromatic carbocycles. The van der Waals surface area contributed by atoms with Crippen LogP contribution in [0.4, 0.5) is 0 Å². The Morgan fingerprint density at radius 3 is 3.36 bits per heavy atom. The van der Waals surface area contributed by atoms with Crippen molar-refractivity contribution < 1.29 is 0 Å². The minimum atomic E-state index is -0.153. The molecule has 2 atom stereocenters. The number of alkyl halides is 1. The molecule has 2 heterocycles. The minimum Gasteiger partial charge on any atom is -0.298 e. The van der Waals surface area contributed by atoms with E-state index in [1.165, 1.54) is 6.34 Å². The molecule has 2 rings (SSSR count). The molecular weight excluding hydrogens is 164 g/mol. The summed E-state index contributed by atoms with van der Waals surface area (Å²) >= 11 is 5.94. The van der Waals surface area contributed by atoms with Crippen LogP contribution in [0.1, 0.15) is 0 Å². The smallest absolute Gasteiger partial charge is 0.136 e. The van der Waals surface area contributed by atoms with Crippen molar-refractivity contribution in [3.63, 3.8) is 0 Å². The summed E-state index contributed by atoms with van der Waals surface area (Å²) in [5.74, 6) is 1.23. The number of fused-ring (bicyclic) bond motifs is 1. The van der Waals surface area contributed by atoms with Gasteiger partial charge < -0.3 is 0 Å². The highest BCUT2D eigenvalue weighted by Crippen LogP contribution is 2.21. The fourth-order valence-electron chi connectivity index (χ4n) is 1.32. The van der Waals surface area contributed by atoms with Crippen LogP contribution in [0.5, 0.6) is 0 Å². The van der Waals surface area contributed by atoms with Crippen LogP contribution in [-0.2, 0) is 0 Å². The number of hydrogen-bond acceptors (Lipinski definition) is 4. The third-order valence-electron chi connectivity index (χ3n) is 1.95. The number of nitrogens with zero attached hydrogens (tertiary/aromatic N) is 3. The SMILES string of the molecule is CN1NCC2C1=NC=NC2Cl. The van der Waals surface area contributed by atoms with E-state index in [0.717, 1.165) is 12.4 Å². The van der Waals surface area contributed by atoms with Gasteiger partial charge in [-0.15, -0.1) is 0 Å². The molecular formula is C6H9ClN4. The molecule has 5 heteroatoms. The number of nitrogens with one attached hydrogen (secondary N) is 1. The van der Waals surface area contributed by atoms with Crippen molar-refractivity contribution in [2.45, 2.75) is 5.50 Å². The summed E-state index contributed by atoms with van der Waals surface area (Å²) < 4.78 is 0. The molecule has 0 bridgehead atoms. The molecule has 2 unspecified atom stereocenters. The minimum absolute atomic E-state index is 0.153. The summed E-state index contributed by atoms with van der Waals surface area (Å²) in [5, 5.41) is 1.89. The van der Waals surface area contributed by atoms with Crippen LogP contribution in [0.2, 0.25) is 0 Å². The van der Waals surface area contributed by atoms with E-state index < -0.39 is 0 Å². The highest BCUT2D eigenvalue weighted by molar-refractivity contribution is 6.23. The highest BCUT2D eigenvalue weighted by atomic mass is 35.5. The molecule has 1 N–H and O–H groups in total. The average Bonchev–Trinajstić information content (AvgIpc) is 2.35. The van der Waals surface area contributed by atoms with Crippen molar-refractivity contribution in [2.24, 2.45) is 15.9 Å². The molecule has 60 valence electrons. The first-order valence-corrected chi connectivity index (χ1v) is 3.93. The van der Waals surface area contributed by atoms with E-state index in [1.54, 1.807) is 0 Å². The summed E-state index contributed by atoms with van der Waals surface area (Å²) in [4.78, 5) is 8.12. The number of rotatable bonds is 0. The summed E-state index contributed by atoms with van der Waals surface area (Å²) in [6, 6.07) is 0. The van der Waals surface area contributed by atoms with Crippen LogP contribution < -0.4 is 5.43 Å². The molecule has 0 radical (unpaired) electrons. The summed E-state index contributed by atoms with van der Waals surface area (Å²) in [6.07, 6.45) is 1.52. The van der Waals surface area contributed by atoms with Gasteiger partial charge in [0.2, 0.25) is 0 Å². The number of hydrazine groups is 1. The molecule has 0 aliphatic carbocycles. The molecule has 1 saturated heterocycles. The fraction of sp³-hybridized carbons (Fsp3) is 0.667. The molecule has 0 saturated carbocycles. The third kappa shape index (κ3) is 1.02. The van der Waals surface area contributed by atoms with Gasteiger partial charge in [0, 0.05) is 13.6 Å². The average molecular weight is 173 g/mol. The molecule has 2 aliphatic rings. The zero-order valence-corrected chi connectivity index (χ0v) is 6.91. The van der Waals surface area contributed by atoms with Crippen molar-refractivity contribution in [1.29, 1.82) is 0 Å². The van der Waals surface area contributed by atoms with E-state index >= 15 is 0 Å². The number of hydrogen-bond donors (Lipinski definition) is 1. The number of halogens is 1. The predicted octanol–water partition coefficient (Wildman–Crippen LogP) is 0.0579. The zero-order valence-electron chi connectivity index (χ0n) is 6.16. The van der Waals surface area contributed by atoms with E-state index in [1.807, 2.05) is 12.1 Å². The number of aliphatic imine (C=N–C) groups is 2. The third-order valence-corrected chi connectivity index (χ3v) is 2.37. The quantitative estimate of drug-likeness (QED) is 0.415. The van der Waals surface area contributed by atoms with Crippen molar-refractivity contribution in [1.82, 2.24) is 10.4 Å². The van der Waals surface area contributed by atoms with Crippen LogP contribution in [0.3, 0.4) is 0 Å². The molecule has 0 aromatic heterocycles. The maximum absolute atomic E-state index is 5.94. The zero-order chi connectivity index (χ0) is 7.84. The van der Waals surface area contributed by atoms with E-state index in [4.69, 9.17) is 11.6 Å². The van der Waals surface area contributed by atoms with Gasteiger partial charge in [-0.25, -0.2) is 10.4 Å². The Labute approximate surface area is 69.9 Å². The van der Waals surface area contributed by atoms with Gasteiger partial charge in [-0.2, -0.15) is 0 Å². The maximum Gasteiger partial charge on any atom is 0.136 e. The summed E-state index contributed by atoms with van der Waals surface area (Å²) in [6.45, 7) is 0.834. The first kappa shape index (κ1) is 7.06. The van der Waals surface area contributed by atoms with Gasteiger partial charge in [0.05, 0.1) is 5.92 Å². The Bertz CT molecular complexity index is 225. The van der Waals surface area contributed by atoms with Crippen LogP contribution in [0, 0.1) is 5.92 Å². The largest absolute Gasteiger partial charge is 0.298 e. The first-order chi connectivity index (χ1) is 5.29. The lowest BCUT2D eigenvalue weighted by atomic mass is 10.1. The lowest BCUT2D eigenvalue weighted by molar-refractivity contribution is 0.416. The molecule has 0 spiro atoms. The van der Waals surface area contributed by atoms with Gasteiger partial charge >= 0.3 is 0 Å². The van der Waals surface area contributed by atoms with Crippen LogP contribution in [0.25, 0.3) is 0 Å². The van der Waals surface area contributed by atoms with Crippen LogP contribution in [0.15, 0.2) is 9.98 Å². The van der Waals surface area contributed by atoms with Crippen molar-refractivity contribution in [3.8, 4) is 0 Å².